The second-order valence-corrected chi connectivity index (χ2v) is 6.54. The first-order valence-corrected chi connectivity index (χ1v) is 9.38. The lowest BCUT2D eigenvalue weighted by atomic mass is 10.2. The molecule has 1 N–H and O–H groups in total. The minimum atomic E-state index is -0.406. The Labute approximate surface area is 168 Å². The summed E-state index contributed by atoms with van der Waals surface area (Å²) in [6, 6.07) is 8.11. The number of amides is 2. The number of hydrogen-bond donors (Lipinski definition) is 1. The van der Waals surface area contributed by atoms with Crippen LogP contribution in [-0.2, 0) is 9.53 Å². The average Bonchev–Trinajstić information content (AvgIpc) is 2.74. The van der Waals surface area contributed by atoms with Gasteiger partial charge in [0.05, 0.1) is 12.2 Å². The molecule has 1 saturated heterocycles. The summed E-state index contributed by atoms with van der Waals surface area (Å²) in [5, 5.41) is 2.78. The van der Waals surface area contributed by atoms with Crippen LogP contribution in [0.25, 0.3) is 0 Å². The van der Waals surface area contributed by atoms with Crippen LogP contribution in [0.4, 0.5) is 11.5 Å². The summed E-state index contributed by atoms with van der Waals surface area (Å²) < 4.78 is 4.95. The van der Waals surface area contributed by atoms with E-state index in [-0.39, 0.29) is 11.6 Å². The number of anilines is 2. The molecule has 0 unspecified atom stereocenters. The molecule has 2 amide bonds. The molecule has 0 radical (unpaired) electrons. The Kier molecular flexibility index (Phi) is 6.38. The van der Waals surface area contributed by atoms with E-state index in [1.807, 2.05) is 4.90 Å². The Hall–Kier alpha value is -3.49. The first kappa shape index (κ1) is 20.2. The monoisotopic (exact) mass is 397 g/mol. The number of piperazine rings is 1. The molecule has 9 nitrogen and oxygen atoms in total. The number of aromatic nitrogens is 2. The lowest BCUT2D eigenvalue weighted by Crippen LogP contribution is -2.46. The van der Waals surface area contributed by atoms with E-state index in [2.05, 4.69) is 15.3 Å². The van der Waals surface area contributed by atoms with Crippen LogP contribution >= 0.6 is 0 Å². The molecule has 1 aliphatic heterocycles. The van der Waals surface area contributed by atoms with Crippen LogP contribution in [0.5, 0.6) is 0 Å². The Bertz CT molecular complexity index is 892. The molecule has 152 valence electrons. The quantitative estimate of drug-likeness (QED) is 0.582. The van der Waals surface area contributed by atoms with Crippen molar-refractivity contribution >= 4 is 29.8 Å². The number of carbonyl (C=O) groups excluding carboxylic acids is 3. The van der Waals surface area contributed by atoms with Crippen LogP contribution in [0.1, 0.15) is 33.6 Å². The van der Waals surface area contributed by atoms with Crippen LogP contribution in [0.3, 0.4) is 0 Å². The van der Waals surface area contributed by atoms with Crippen LogP contribution in [0.2, 0.25) is 0 Å². The summed E-state index contributed by atoms with van der Waals surface area (Å²) in [6.45, 7) is 6.29. The summed E-state index contributed by atoms with van der Waals surface area (Å²) >= 11 is 0. The van der Waals surface area contributed by atoms with Gasteiger partial charge in [0.15, 0.2) is 0 Å². The highest BCUT2D eigenvalue weighted by atomic mass is 16.5. The molecule has 2 aromatic rings. The largest absolute Gasteiger partial charge is 0.462 e. The fraction of sp³-hybridized carbons (Fsp3) is 0.350. The van der Waals surface area contributed by atoms with Gasteiger partial charge in [-0.1, -0.05) is 0 Å². The third-order valence-electron chi connectivity index (χ3n) is 4.50. The van der Waals surface area contributed by atoms with Gasteiger partial charge in [-0.3, -0.25) is 9.59 Å². The van der Waals surface area contributed by atoms with Crippen molar-refractivity contribution in [3.05, 3.63) is 47.4 Å². The van der Waals surface area contributed by atoms with Crippen molar-refractivity contribution in [1.29, 1.82) is 0 Å². The summed E-state index contributed by atoms with van der Waals surface area (Å²) in [5.41, 5.74) is 1.21. The van der Waals surface area contributed by atoms with Gasteiger partial charge in [-0.2, -0.15) is 0 Å². The number of rotatable bonds is 6. The maximum atomic E-state index is 12.7. The zero-order valence-corrected chi connectivity index (χ0v) is 16.4. The van der Waals surface area contributed by atoms with Gasteiger partial charge >= 0.3 is 5.97 Å². The molecule has 9 heteroatoms. The van der Waals surface area contributed by atoms with E-state index in [4.69, 9.17) is 4.74 Å². The van der Waals surface area contributed by atoms with Crippen molar-refractivity contribution in [2.24, 2.45) is 0 Å². The van der Waals surface area contributed by atoms with Gasteiger partial charge in [-0.25, -0.2) is 14.8 Å². The van der Waals surface area contributed by atoms with Gasteiger partial charge in [0.25, 0.3) is 5.91 Å². The second-order valence-electron chi connectivity index (χ2n) is 6.54. The molecule has 1 aromatic heterocycles. The maximum Gasteiger partial charge on any atom is 0.338 e. The van der Waals surface area contributed by atoms with Gasteiger partial charge in [-0.15, -0.1) is 0 Å². The third kappa shape index (κ3) is 5.07. The molecule has 0 bridgehead atoms. The number of nitrogens with one attached hydrogen (secondary N) is 1. The lowest BCUT2D eigenvalue weighted by Gasteiger charge is -2.33. The topological polar surface area (TPSA) is 105 Å². The Morgan fingerprint density at radius 2 is 1.83 bits per heavy atom. The van der Waals surface area contributed by atoms with Crippen molar-refractivity contribution in [3.63, 3.8) is 0 Å². The maximum absolute atomic E-state index is 12.7. The highest BCUT2D eigenvalue weighted by Crippen LogP contribution is 2.17. The van der Waals surface area contributed by atoms with Gasteiger partial charge in [0.2, 0.25) is 6.41 Å². The summed E-state index contributed by atoms with van der Waals surface area (Å²) in [6.07, 6.45) is 0.842. The standard InChI is InChI=1S/C20H23N5O4/c1-3-29-20(28)15-4-6-16(7-5-15)23-19(27)17-12-18(22-14(2)21-17)25-10-8-24(13-26)9-11-25/h4-7,12-13H,3,8-11H2,1-2H3,(H,23,27). The Balaban J connectivity index is 1.70. The van der Waals surface area contributed by atoms with Crippen LogP contribution in [0.15, 0.2) is 30.3 Å². The van der Waals surface area contributed by atoms with Gasteiger partial charge in [0, 0.05) is 37.9 Å². The fourth-order valence-electron chi connectivity index (χ4n) is 2.99. The van der Waals surface area contributed by atoms with Crippen molar-refractivity contribution in [1.82, 2.24) is 14.9 Å². The number of esters is 1. The number of carbonyl (C=O) groups is 3. The van der Waals surface area contributed by atoms with Crippen molar-refractivity contribution in [2.45, 2.75) is 13.8 Å². The molecule has 2 heterocycles. The zero-order chi connectivity index (χ0) is 20.8. The minimum Gasteiger partial charge on any atom is -0.462 e. The fourth-order valence-corrected chi connectivity index (χ4v) is 2.99. The lowest BCUT2D eigenvalue weighted by molar-refractivity contribution is -0.118. The van der Waals surface area contributed by atoms with E-state index >= 15 is 0 Å². The summed E-state index contributed by atoms with van der Waals surface area (Å²) in [5.74, 6) is 0.372. The Morgan fingerprint density at radius 1 is 1.14 bits per heavy atom. The molecule has 1 aromatic carbocycles. The predicted molar refractivity (Wildman–Crippen MR) is 107 cm³/mol. The van der Waals surface area contributed by atoms with Gasteiger partial charge in [0.1, 0.15) is 17.3 Å². The molecule has 0 aliphatic carbocycles. The molecular weight excluding hydrogens is 374 g/mol. The van der Waals surface area contributed by atoms with Crippen molar-refractivity contribution < 1.29 is 19.1 Å². The van der Waals surface area contributed by atoms with E-state index < -0.39 is 5.97 Å². The van der Waals surface area contributed by atoms with Crippen LogP contribution in [0, 0.1) is 6.92 Å². The van der Waals surface area contributed by atoms with E-state index in [0.717, 1.165) is 6.41 Å². The van der Waals surface area contributed by atoms with Crippen LogP contribution in [-0.4, -0.2) is 65.9 Å². The van der Waals surface area contributed by atoms with Gasteiger partial charge in [-0.05, 0) is 38.1 Å². The number of hydrogen-bond acceptors (Lipinski definition) is 7. The summed E-state index contributed by atoms with van der Waals surface area (Å²) in [4.78, 5) is 47.6. The first-order chi connectivity index (χ1) is 14.0. The normalized spacial score (nSPS) is 13.7. The van der Waals surface area contributed by atoms with Crippen LogP contribution < -0.4 is 10.2 Å². The number of benzene rings is 1. The van der Waals surface area contributed by atoms with E-state index in [0.29, 0.717) is 55.7 Å². The summed E-state index contributed by atoms with van der Waals surface area (Å²) in [7, 11) is 0. The number of nitrogens with zero attached hydrogens (tertiary/aromatic N) is 4. The van der Waals surface area contributed by atoms with E-state index in [1.54, 1.807) is 49.1 Å². The van der Waals surface area contributed by atoms with Crippen molar-refractivity contribution in [3.8, 4) is 0 Å². The number of aryl methyl sites for hydroxylation is 1. The molecule has 3 rings (SSSR count). The van der Waals surface area contributed by atoms with E-state index in [9.17, 15) is 14.4 Å². The molecule has 1 aliphatic rings. The SMILES string of the molecule is CCOC(=O)c1ccc(NC(=O)c2cc(N3CCN(C=O)CC3)nc(C)n2)cc1. The highest BCUT2D eigenvalue weighted by molar-refractivity contribution is 6.03. The third-order valence-corrected chi connectivity index (χ3v) is 4.50. The van der Waals surface area contributed by atoms with E-state index in [1.165, 1.54) is 0 Å². The molecule has 0 atom stereocenters. The molecule has 0 spiro atoms. The Morgan fingerprint density at radius 3 is 2.45 bits per heavy atom. The molecule has 0 saturated carbocycles. The zero-order valence-electron chi connectivity index (χ0n) is 16.4. The second kappa shape index (κ2) is 9.13. The first-order valence-electron chi connectivity index (χ1n) is 9.38. The minimum absolute atomic E-state index is 0.250. The smallest absolute Gasteiger partial charge is 0.338 e. The highest BCUT2D eigenvalue weighted by Gasteiger charge is 2.19. The number of ether oxygens (including phenoxy) is 1. The molecular formula is C20H23N5O4. The molecule has 1 fully saturated rings. The van der Waals surface area contributed by atoms with Gasteiger partial charge < -0.3 is 19.9 Å². The average molecular weight is 397 g/mol. The molecule has 29 heavy (non-hydrogen) atoms. The predicted octanol–water partition coefficient (Wildman–Crippen LogP) is 1.49. The van der Waals surface area contributed by atoms with Crippen molar-refractivity contribution in [2.75, 3.05) is 43.0 Å².